The van der Waals surface area contributed by atoms with Crippen molar-refractivity contribution in [2.45, 2.75) is 39.2 Å². The minimum Gasteiger partial charge on any atom is -0.493 e. The molecule has 7 heteroatoms. The lowest BCUT2D eigenvalue weighted by Crippen LogP contribution is -2.46. The van der Waals surface area contributed by atoms with E-state index in [9.17, 15) is 14.7 Å². The molecule has 7 nitrogen and oxygen atoms in total. The van der Waals surface area contributed by atoms with Crippen LogP contribution < -0.4 is 9.47 Å². The predicted octanol–water partition coefficient (Wildman–Crippen LogP) is 2.57. The van der Waals surface area contributed by atoms with Crippen LogP contribution in [0.2, 0.25) is 0 Å². The number of ether oxygens (including phenoxy) is 3. The van der Waals surface area contributed by atoms with Gasteiger partial charge < -0.3 is 24.2 Å². The molecule has 28 heavy (non-hydrogen) atoms. The lowest BCUT2D eigenvalue weighted by molar-refractivity contribution is -0.147. The fourth-order valence-electron chi connectivity index (χ4n) is 3.74. The number of rotatable bonds is 9. The van der Waals surface area contributed by atoms with Crippen molar-refractivity contribution < 1.29 is 28.9 Å². The van der Waals surface area contributed by atoms with Crippen LogP contribution in [0.3, 0.4) is 0 Å². The highest BCUT2D eigenvalue weighted by Gasteiger charge is 2.35. The highest BCUT2D eigenvalue weighted by Crippen LogP contribution is 2.33. The molecule has 3 atom stereocenters. The number of carbonyl (C=O) groups is 2. The Labute approximate surface area is 166 Å². The van der Waals surface area contributed by atoms with Crippen LogP contribution in [0.1, 0.15) is 44.8 Å². The number of amides is 1. The molecule has 0 bridgehead atoms. The van der Waals surface area contributed by atoms with Gasteiger partial charge in [-0.05, 0) is 36.5 Å². The quantitative estimate of drug-likeness (QED) is 0.649. The fraction of sp³-hybridized carbons (Fsp3) is 0.619. The van der Waals surface area contributed by atoms with Gasteiger partial charge in [-0.15, -0.1) is 0 Å². The number of β-amino-alcohol motifs (C(OH)–C–C–N with tert-alkyl or cyclic N) is 1. The molecule has 0 aromatic heterocycles. The van der Waals surface area contributed by atoms with Crippen LogP contribution in [0.25, 0.3) is 0 Å². The molecule has 0 radical (unpaired) electrons. The van der Waals surface area contributed by atoms with Crippen LogP contribution in [0.4, 0.5) is 0 Å². The summed E-state index contributed by atoms with van der Waals surface area (Å²) in [6, 6.07) is 5.22. The Bertz CT molecular complexity index is 677. The fourth-order valence-corrected chi connectivity index (χ4v) is 3.74. The van der Waals surface area contributed by atoms with Gasteiger partial charge in [0.2, 0.25) is 5.91 Å². The Hall–Kier alpha value is -2.28. The van der Waals surface area contributed by atoms with Gasteiger partial charge in [-0.25, -0.2) is 0 Å². The van der Waals surface area contributed by atoms with E-state index in [1.807, 2.05) is 0 Å². The number of carbonyl (C=O) groups excluding carboxylic acids is 2. The number of benzene rings is 1. The average molecular weight is 393 g/mol. The molecule has 1 heterocycles. The second-order valence-electron chi connectivity index (χ2n) is 7.07. The zero-order chi connectivity index (χ0) is 20.7. The van der Waals surface area contributed by atoms with E-state index in [2.05, 4.69) is 6.92 Å². The summed E-state index contributed by atoms with van der Waals surface area (Å²) in [5.74, 6) is 1.02. The Kier molecular flexibility index (Phi) is 8.11. The van der Waals surface area contributed by atoms with Crippen molar-refractivity contribution in [3.05, 3.63) is 23.8 Å². The van der Waals surface area contributed by atoms with E-state index >= 15 is 0 Å². The third-order valence-electron chi connectivity index (χ3n) is 5.36. The standard InChI is InChI=1S/C21H31NO6/c1-5-14-12-22(20(24)10-16(14)11-21(25)28-6-2)13-17(23)15-7-8-18(26-3)19(9-15)27-4/h7-9,14,16-17,23H,5-6,10-13H2,1-4H3/t14-,16+,17?/m0/s1. The van der Waals surface area contributed by atoms with Gasteiger partial charge in [0, 0.05) is 19.4 Å². The first-order valence-corrected chi connectivity index (χ1v) is 9.76. The van der Waals surface area contributed by atoms with Crippen molar-refractivity contribution in [1.29, 1.82) is 0 Å². The second kappa shape index (κ2) is 10.3. The average Bonchev–Trinajstić information content (AvgIpc) is 2.69. The largest absolute Gasteiger partial charge is 0.493 e. The molecule has 0 aliphatic carbocycles. The first-order chi connectivity index (χ1) is 13.4. The number of hydrogen-bond acceptors (Lipinski definition) is 6. The van der Waals surface area contributed by atoms with Crippen LogP contribution in [0, 0.1) is 11.8 Å². The van der Waals surface area contributed by atoms with Crippen LogP contribution in [0.15, 0.2) is 18.2 Å². The zero-order valence-corrected chi connectivity index (χ0v) is 17.1. The van der Waals surface area contributed by atoms with Gasteiger partial charge in [-0.3, -0.25) is 9.59 Å². The number of hydrogen-bond donors (Lipinski definition) is 1. The number of aliphatic hydroxyl groups excluding tert-OH is 1. The van der Waals surface area contributed by atoms with Crippen molar-refractivity contribution in [2.75, 3.05) is 33.9 Å². The van der Waals surface area contributed by atoms with Crippen LogP contribution in [-0.2, 0) is 14.3 Å². The minimum absolute atomic E-state index is 0.00831. The molecule has 1 unspecified atom stereocenters. The van der Waals surface area contributed by atoms with Gasteiger partial charge in [0.25, 0.3) is 0 Å². The molecule has 156 valence electrons. The van der Waals surface area contributed by atoms with E-state index in [0.717, 1.165) is 6.42 Å². The minimum atomic E-state index is -0.831. The van der Waals surface area contributed by atoms with E-state index in [1.54, 1.807) is 37.1 Å². The van der Waals surface area contributed by atoms with Crippen LogP contribution >= 0.6 is 0 Å². The summed E-state index contributed by atoms with van der Waals surface area (Å²) >= 11 is 0. The normalized spacial score (nSPS) is 20.6. The van der Waals surface area contributed by atoms with Crippen molar-refractivity contribution in [1.82, 2.24) is 4.90 Å². The number of likely N-dealkylation sites (tertiary alicyclic amines) is 1. The molecule has 2 rings (SSSR count). The summed E-state index contributed by atoms with van der Waals surface area (Å²) in [4.78, 5) is 26.1. The van der Waals surface area contributed by atoms with Crippen molar-refractivity contribution in [3.8, 4) is 11.5 Å². The first-order valence-electron chi connectivity index (χ1n) is 9.76. The van der Waals surface area contributed by atoms with E-state index in [1.165, 1.54) is 7.11 Å². The Balaban J connectivity index is 2.04. The molecule has 1 amide bonds. The lowest BCUT2D eigenvalue weighted by Gasteiger charge is -2.38. The zero-order valence-electron chi connectivity index (χ0n) is 17.1. The molecule has 0 spiro atoms. The molecule has 1 saturated heterocycles. The van der Waals surface area contributed by atoms with Gasteiger partial charge in [0.1, 0.15) is 0 Å². The SMILES string of the molecule is CCOC(=O)C[C@H]1CC(=O)N(CC(O)c2ccc(OC)c(OC)c2)C[C@@H]1CC. The molecule has 1 aromatic carbocycles. The van der Waals surface area contributed by atoms with Gasteiger partial charge in [0.15, 0.2) is 11.5 Å². The molecular formula is C21H31NO6. The molecule has 1 aliphatic rings. The Morgan fingerprint density at radius 2 is 1.93 bits per heavy atom. The second-order valence-corrected chi connectivity index (χ2v) is 7.07. The number of aliphatic hydroxyl groups is 1. The molecule has 1 aromatic rings. The maximum atomic E-state index is 12.6. The van der Waals surface area contributed by atoms with Crippen LogP contribution in [-0.4, -0.2) is 55.8 Å². The topological polar surface area (TPSA) is 85.3 Å². The summed E-state index contributed by atoms with van der Waals surface area (Å²) in [5, 5.41) is 10.6. The number of methoxy groups -OCH3 is 2. The summed E-state index contributed by atoms with van der Waals surface area (Å²) in [6.07, 6.45) is 0.600. The Morgan fingerprint density at radius 1 is 1.21 bits per heavy atom. The number of nitrogens with zero attached hydrogens (tertiary/aromatic N) is 1. The molecule has 0 saturated carbocycles. The lowest BCUT2D eigenvalue weighted by atomic mass is 9.81. The predicted molar refractivity (Wildman–Crippen MR) is 104 cm³/mol. The summed E-state index contributed by atoms with van der Waals surface area (Å²) in [5.41, 5.74) is 0.659. The monoisotopic (exact) mass is 393 g/mol. The smallest absolute Gasteiger partial charge is 0.306 e. The van der Waals surface area contributed by atoms with E-state index in [4.69, 9.17) is 14.2 Å². The van der Waals surface area contributed by atoms with Crippen molar-refractivity contribution in [3.63, 3.8) is 0 Å². The molecule has 1 fully saturated rings. The van der Waals surface area contributed by atoms with E-state index in [0.29, 0.717) is 36.6 Å². The summed E-state index contributed by atoms with van der Waals surface area (Å²) in [6.45, 7) is 4.92. The highest BCUT2D eigenvalue weighted by atomic mass is 16.5. The van der Waals surface area contributed by atoms with Crippen molar-refractivity contribution >= 4 is 11.9 Å². The molecule has 1 N–H and O–H groups in total. The van der Waals surface area contributed by atoms with E-state index in [-0.39, 0.29) is 36.7 Å². The first kappa shape index (κ1) is 22.0. The van der Waals surface area contributed by atoms with Crippen molar-refractivity contribution in [2.24, 2.45) is 11.8 Å². The summed E-state index contributed by atoms with van der Waals surface area (Å²) < 4.78 is 15.5. The number of esters is 1. The van der Waals surface area contributed by atoms with Gasteiger partial charge in [-0.1, -0.05) is 19.4 Å². The van der Waals surface area contributed by atoms with E-state index < -0.39 is 6.10 Å². The molecular weight excluding hydrogens is 362 g/mol. The maximum absolute atomic E-state index is 12.6. The Morgan fingerprint density at radius 3 is 2.54 bits per heavy atom. The highest BCUT2D eigenvalue weighted by molar-refractivity contribution is 5.79. The van der Waals surface area contributed by atoms with Gasteiger partial charge in [-0.2, -0.15) is 0 Å². The third-order valence-corrected chi connectivity index (χ3v) is 5.36. The number of piperidine rings is 1. The summed E-state index contributed by atoms with van der Waals surface area (Å²) in [7, 11) is 3.09. The third kappa shape index (κ3) is 5.38. The van der Waals surface area contributed by atoms with Gasteiger partial charge in [0.05, 0.1) is 33.5 Å². The molecule has 1 aliphatic heterocycles. The van der Waals surface area contributed by atoms with Crippen LogP contribution in [0.5, 0.6) is 11.5 Å². The maximum Gasteiger partial charge on any atom is 0.306 e. The van der Waals surface area contributed by atoms with Gasteiger partial charge >= 0.3 is 5.97 Å².